The molecule has 51 heavy (non-hydrogen) atoms. The molecule has 0 aliphatic rings. The van der Waals surface area contributed by atoms with E-state index in [2.05, 4.69) is 217 Å². The van der Waals surface area contributed by atoms with E-state index in [0.29, 0.717) is 0 Å². The van der Waals surface area contributed by atoms with Gasteiger partial charge in [-0.3, -0.25) is 0 Å². The Morgan fingerprint density at radius 2 is 0.627 bits per heavy atom. The van der Waals surface area contributed by atoms with Crippen molar-refractivity contribution < 1.29 is 0 Å². The van der Waals surface area contributed by atoms with Crippen LogP contribution in [0.15, 0.2) is 212 Å². The van der Waals surface area contributed by atoms with Crippen molar-refractivity contribution in [1.82, 2.24) is 0 Å². The monoisotopic (exact) mass is 649 g/mol. The van der Waals surface area contributed by atoms with Crippen LogP contribution >= 0.6 is 0 Å². The third kappa shape index (κ3) is 5.75. The number of para-hydroxylation sites is 1. The Labute approximate surface area is 299 Å². The molecule has 240 valence electrons. The highest BCUT2D eigenvalue weighted by Gasteiger charge is 2.21. The van der Waals surface area contributed by atoms with E-state index in [-0.39, 0.29) is 0 Å². The molecule has 9 rings (SSSR count). The highest BCUT2D eigenvalue weighted by atomic mass is 15.1. The molecule has 0 spiro atoms. The van der Waals surface area contributed by atoms with Crippen molar-refractivity contribution >= 4 is 38.6 Å². The number of hydrogen-bond donors (Lipinski definition) is 0. The molecule has 0 aliphatic heterocycles. The molecule has 0 bridgehead atoms. The van der Waals surface area contributed by atoms with Gasteiger partial charge in [0.05, 0.1) is 0 Å². The third-order valence-electron chi connectivity index (χ3n) is 9.80. The molecule has 1 heteroatoms. The molecule has 0 unspecified atom stereocenters. The van der Waals surface area contributed by atoms with Crippen molar-refractivity contribution in [3.63, 3.8) is 0 Å². The van der Waals surface area contributed by atoms with E-state index in [0.717, 1.165) is 17.1 Å². The Morgan fingerprint density at radius 3 is 1.16 bits per heavy atom. The van der Waals surface area contributed by atoms with Crippen LogP contribution in [0.4, 0.5) is 17.1 Å². The van der Waals surface area contributed by atoms with E-state index in [1.165, 1.54) is 66.1 Å². The first-order valence-corrected chi connectivity index (χ1v) is 17.5. The summed E-state index contributed by atoms with van der Waals surface area (Å²) in [6, 6.07) is 76.7. The molecule has 9 aromatic rings. The fourth-order valence-electron chi connectivity index (χ4n) is 7.49. The largest absolute Gasteiger partial charge is 0.310 e. The Kier molecular flexibility index (Phi) is 7.92. The van der Waals surface area contributed by atoms with Crippen molar-refractivity contribution in [2.75, 3.05) is 4.90 Å². The molecule has 0 heterocycles. The van der Waals surface area contributed by atoms with E-state index >= 15 is 0 Å². The van der Waals surface area contributed by atoms with Crippen molar-refractivity contribution in [1.29, 1.82) is 0 Å². The van der Waals surface area contributed by atoms with E-state index in [1.807, 2.05) is 0 Å². The molecule has 0 radical (unpaired) electrons. The number of hydrogen-bond acceptors (Lipinski definition) is 1. The van der Waals surface area contributed by atoms with Gasteiger partial charge in [-0.2, -0.15) is 0 Å². The van der Waals surface area contributed by atoms with Crippen LogP contribution in [-0.2, 0) is 0 Å². The Hall–Kier alpha value is -6.70. The lowest BCUT2D eigenvalue weighted by Crippen LogP contribution is -2.10. The smallest absolute Gasteiger partial charge is 0.0473 e. The van der Waals surface area contributed by atoms with Gasteiger partial charge in [0.1, 0.15) is 0 Å². The summed E-state index contributed by atoms with van der Waals surface area (Å²) < 4.78 is 0. The van der Waals surface area contributed by atoms with E-state index < -0.39 is 0 Å². The first-order valence-electron chi connectivity index (χ1n) is 17.5. The average Bonchev–Trinajstić information content (AvgIpc) is 3.22. The summed E-state index contributed by atoms with van der Waals surface area (Å²) in [6.07, 6.45) is 0. The summed E-state index contributed by atoms with van der Waals surface area (Å²) in [7, 11) is 0. The summed E-state index contributed by atoms with van der Waals surface area (Å²) >= 11 is 0. The molecule has 0 amide bonds. The molecular formula is C50H35N. The van der Waals surface area contributed by atoms with Crippen molar-refractivity contribution in [2.24, 2.45) is 0 Å². The third-order valence-corrected chi connectivity index (χ3v) is 9.80. The highest BCUT2D eigenvalue weighted by molar-refractivity contribution is 6.22. The maximum absolute atomic E-state index is 2.41. The highest BCUT2D eigenvalue weighted by Crippen LogP contribution is 2.47. The normalized spacial score (nSPS) is 11.1. The van der Waals surface area contributed by atoms with Crippen molar-refractivity contribution in [3.05, 3.63) is 212 Å². The average molecular weight is 650 g/mol. The first kappa shape index (κ1) is 30.4. The van der Waals surface area contributed by atoms with Gasteiger partial charge in [0.2, 0.25) is 0 Å². The van der Waals surface area contributed by atoms with Crippen LogP contribution in [0, 0.1) is 0 Å². The van der Waals surface area contributed by atoms with Gasteiger partial charge in [0.25, 0.3) is 0 Å². The van der Waals surface area contributed by atoms with Crippen LogP contribution < -0.4 is 4.90 Å². The lowest BCUT2D eigenvalue weighted by atomic mass is 9.85. The topological polar surface area (TPSA) is 3.24 Å². The SMILES string of the molecule is c1ccc(-c2cc(-c3ccccc3)cc(N(c3ccccc3)c3ccc4c(c3)c(-c3ccccc3)c(-c3ccccc3)c3ccccc34)c2)cc1. The molecule has 0 saturated heterocycles. The van der Waals surface area contributed by atoms with E-state index in [9.17, 15) is 0 Å². The molecule has 9 aromatic carbocycles. The molecule has 0 saturated carbocycles. The molecule has 0 N–H and O–H groups in total. The Bertz CT molecular complexity index is 2540. The lowest BCUT2D eigenvalue weighted by molar-refractivity contribution is 1.29. The summed E-state index contributed by atoms with van der Waals surface area (Å²) in [5.41, 5.74) is 12.9. The first-order chi connectivity index (χ1) is 25.3. The van der Waals surface area contributed by atoms with Crippen LogP contribution in [0.1, 0.15) is 0 Å². The fraction of sp³-hybridized carbons (Fsp3) is 0. The maximum Gasteiger partial charge on any atom is 0.0473 e. The summed E-state index contributed by atoms with van der Waals surface area (Å²) in [5, 5.41) is 4.97. The van der Waals surface area contributed by atoms with Crippen LogP contribution in [-0.4, -0.2) is 0 Å². The van der Waals surface area contributed by atoms with E-state index in [1.54, 1.807) is 0 Å². The van der Waals surface area contributed by atoms with Crippen LogP contribution in [0.5, 0.6) is 0 Å². The van der Waals surface area contributed by atoms with Crippen molar-refractivity contribution in [3.8, 4) is 44.5 Å². The molecule has 0 aliphatic carbocycles. The molecule has 0 aromatic heterocycles. The number of fused-ring (bicyclic) bond motifs is 3. The van der Waals surface area contributed by atoms with E-state index in [4.69, 9.17) is 0 Å². The second-order valence-electron chi connectivity index (χ2n) is 12.9. The zero-order valence-corrected chi connectivity index (χ0v) is 28.2. The van der Waals surface area contributed by atoms with Gasteiger partial charge in [0, 0.05) is 17.1 Å². The van der Waals surface area contributed by atoms with Gasteiger partial charge in [-0.1, -0.05) is 170 Å². The second-order valence-corrected chi connectivity index (χ2v) is 12.9. The molecule has 1 nitrogen and oxygen atoms in total. The quantitative estimate of drug-likeness (QED) is 0.155. The van der Waals surface area contributed by atoms with Gasteiger partial charge in [-0.25, -0.2) is 0 Å². The number of rotatable bonds is 7. The van der Waals surface area contributed by atoms with Gasteiger partial charge in [-0.15, -0.1) is 0 Å². The Balaban J connectivity index is 1.36. The van der Waals surface area contributed by atoms with Gasteiger partial charge in [0.15, 0.2) is 0 Å². The minimum absolute atomic E-state index is 1.10. The maximum atomic E-state index is 2.41. The van der Waals surface area contributed by atoms with Gasteiger partial charge >= 0.3 is 0 Å². The molecule has 0 fully saturated rings. The number of nitrogens with zero attached hydrogens (tertiary/aromatic N) is 1. The van der Waals surface area contributed by atoms with Gasteiger partial charge in [-0.05, 0) is 109 Å². The lowest BCUT2D eigenvalue weighted by Gasteiger charge is -2.28. The Morgan fingerprint density at radius 1 is 0.216 bits per heavy atom. The number of anilines is 3. The number of benzene rings is 9. The summed E-state index contributed by atoms with van der Waals surface area (Å²) in [6.45, 7) is 0. The predicted octanol–water partition coefficient (Wildman–Crippen LogP) is 14.1. The summed E-state index contributed by atoms with van der Waals surface area (Å²) in [5.74, 6) is 0. The van der Waals surface area contributed by atoms with Crippen molar-refractivity contribution in [2.45, 2.75) is 0 Å². The fourth-order valence-corrected chi connectivity index (χ4v) is 7.49. The molecular weight excluding hydrogens is 615 g/mol. The van der Waals surface area contributed by atoms with Crippen LogP contribution in [0.25, 0.3) is 66.1 Å². The minimum Gasteiger partial charge on any atom is -0.310 e. The standard InChI is InChI=1S/C50H35N/c1-6-18-36(19-7-1)40-32-41(37-20-8-2-9-21-37)34-44(33-40)51(42-26-14-5-15-27-42)43-30-31-46-45-28-16-17-29-47(45)49(38-22-10-3-11-23-38)50(48(46)35-43)39-24-12-4-13-25-39/h1-35H. The zero-order valence-electron chi connectivity index (χ0n) is 28.2. The zero-order chi connectivity index (χ0) is 34.0. The predicted molar refractivity (Wildman–Crippen MR) is 218 cm³/mol. The van der Waals surface area contributed by atoms with Gasteiger partial charge < -0.3 is 4.90 Å². The van der Waals surface area contributed by atoms with Crippen LogP contribution in [0.3, 0.4) is 0 Å². The summed E-state index contributed by atoms with van der Waals surface area (Å²) in [4.78, 5) is 2.41. The van der Waals surface area contributed by atoms with Crippen LogP contribution in [0.2, 0.25) is 0 Å². The second kappa shape index (κ2) is 13.3. The molecule has 0 atom stereocenters. The minimum atomic E-state index is 1.10.